The van der Waals surface area contributed by atoms with Crippen LogP contribution >= 0.6 is 0 Å². The van der Waals surface area contributed by atoms with Gasteiger partial charge in [-0.3, -0.25) is 4.90 Å². The van der Waals surface area contributed by atoms with Crippen LogP contribution in [0.1, 0.15) is 53.7 Å². The molecule has 0 saturated carbocycles. The lowest BCUT2D eigenvalue weighted by Crippen LogP contribution is -2.36. The zero-order valence-corrected chi connectivity index (χ0v) is 19.0. The van der Waals surface area contributed by atoms with Gasteiger partial charge >= 0.3 is 0 Å². The fourth-order valence-corrected chi connectivity index (χ4v) is 5.00. The maximum Gasteiger partial charge on any atom is 0.136 e. The highest BCUT2D eigenvalue weighted by molar-refractivity contribution is 5.52. The van der Waals surface area contributed by atoms with Gasteiger partial charge in [0.25, 0.3) is 0 Å². The van der Waals surface area contributed by atoms with Crippen LogP contribution in [0.3, 0.4) is 0 Å². The number of likely N-dealkylation sites (tertiary alicyclic amines) is 1. The lowest BCUT2D eigenvalue weighted by atomic mass is 9.96. The number of fused-ring (bicyclic) bond motifs is 1. The number of hydrogen-bond donors (Lipinski definition) is 1. The Morgan fingerprint density at radius 1 is 1.09 bits per heavy atom. The maximum atomic E-state index is 5.31. The fraction of sp³-hybridized carbons (Fsp3) is 0.480. The Morgan fingerprint density at radius 2 is 1.97 bits per heavy atom. The van der Waals surface area contributed by atoms with Crippen molar-refractivity contribution in [3.8, 4) is 5.75 Å². The molecular formula is C25H32N6O. The standard InChI is InChI=1S/C25H32N6O/c1-18-22-6-4-14-31(15-19-7-9-21(32-2)10-8-19)25(22)29-24(28-18)20-5-3-13-30(16-20)17-23-26-11-12-27-23/h7-12,20H,3-6,13-17H2,1-2H3,(H,26,27)/t20-/m1/s1. The molecule has 0 aliphatic carbocycles. The van der Waals surface area contributed by atoms with Crippen LogP contribution < -0.4 is 9.64 Å². The summed E-state index contributed by atoms with van der Waals surface area (Å²) in [6.45, 7) is 7.00. The van der Waals surface area contributed by atoms with Crippen molar-refractivity contribution in [2.45, 2.75) is 51.6 Å². The van der Waals surface area contributed by atoms with E-state index in [2.05, 4.69) is 38.8 Å². The molecule has 2 aliphatic heterocycles. The molecule has 0 radical (unpaired) electrons. The van der Waals surface area contributed by atoms with Crippen molar-refractivity contribution < 1.29 is 4.74 Å². The first-order chi connectivity index (χ1) is 15.7. The highest BCUT2D eigenvalue weighted by atomic mass is 16.5. The van der Waals surface area contributed by atoms with E-state index in [0.29, 0.717) is 5.92 Å². The van der Waals surface area contributed by atoms with Crippen molar-refractivity contribution in [3.63, 3.8) is 0 Å². The Bertz CT molecular complexity index is 1030. The number of nitrogens with one attached hydrogen (secondary N) is 1. The van der Waals surface area contributed by atoms with Gasteiger partial charge in [-0.1, -0.05) is 12.1 Å². The number of ether oxygens (including phenoxy) is 1. The van der Waals surface area contributed by atoms with Crippen LogP contribution in [0, 0.1) is 6.92 Å². The van der Waals surface area contributed by atoms with Gasteiger partial charge in [0.1, 0.15) is 23.2 Å². The first-order valence-corrected chi connectivity index (χ1v) is 11.7. The minimum atomic E-state index is 0.368. The molecule has 2 aromatic heterocycles. The first kappa shape index (κ1) is 20.9. The van der Waals surface area contributed by atoms with Crippen molar-refractivity contribution in [1.29, 1.82) is 0 Å². The van der Waals surface area contributed by atoms with Crippen LogP contribution in [0.15, 0.2) is 36.7 Å². The van der Waals surface area contributed by atoms with Gasteiger partial charge in [-0.25, -0.2) is 15.0 Å². The second-order valence-corrected chi connectivity index (χ2v) is 8.95. The number of rotatable bonds is 6. The third kappa shape index (κ3) is 4.48. The summed E-state index contributed by atoms with van der Waals surface area (Å²) in [5.74, 6) is 4.43. The minimum Gasteiger partial charge on any atom is -0.497 e. The van der Waals surface area contributed by atoms with Gasteiger partial charge in [0, 0.05) is 49.2 Å². The van der Waals surface area contributed by atoms with Gasteiger partial charge in [-0.15, -0.1) is 0 Å². The zero-order valence-electron chi connectivity index (χ0n) is 19.0. The SMILES string of the molecule is COc1ccc(CN2CCCc3c(C)nc([C@@H]4CCCN(Cc5ncc[nH]5)C4)nc32)cc1. The average molecular weight is 433 g/mol. The van der Waals surface area contributed by atoms with Crippen LogP contribution in [-0.4, -0.2) is 51.6 Å². The first-order valence-electron chi connectivity index (χ1n) is 11.7. The lowest BCUT2D eigenvalue weighted by molar-refractivity contribution is 0.192. The predicted molar refractivity (Wildman–Crippen MR) is 125 cm³/mol. The lowest BCUT2D eigenvalue weighted by Gasteiger charge is -2.34. The second kappa shape index (κ2) is 9.28. The number of aryl methyl sites for hydroxylation is 1. The average Bonchev–Trinajstić information content (AvgIpc) is 3.33. The molecule has 0 bridgehead atoms. The molecule has 3 aromatic rings. The van der Waals surface area contributed by atoms with E-state index in [1.54, 1.807) is 7.11 Å². The van der Waals surface area contributed by atoms with E-state index < -0.39 is 0 Å². The molecule has 0 spiro atoms. The molecule has 1 N–H and O–H groups in total. The van der Waals surface area contributed by atoms with Gasteiger partial charge in [-0.2, -0.15) is 0 Å². The third-order valence-corrected chi connectivity index (χ3v) is 6.70. The summed E-state index contributed by atoms with van der Waals surface area (Å²) >= 11 is 0. The van der Waals surface area contributed by atoms with E-state index in [-0.39, 0.29) is 0 Å². The minimum absolute atomic E-state index is 0.368. The van der Waals surface area contributed by atoms with Crippen molar-refractivity contribution in [3.05, 3.63) is 65.1 Å². The fourth-order valence-electron chi connectivity index (χ4n) is 5.00. The number of aromatic nitrogens is 4. The summed E-state index contributed by atoms with van der Waals surface area (Å²) in [7, 11) is 1.71. The molecule has 168 valence electrons. The van der Waals surface area contributed by atoms with Crippen LogP contribution in [0.4, 0.5) is 5.82 Å². The Balaban J connectivity index is 1.36. The van der Waals surface area contributed by atoms with E-state index in [4.69, 9.17) is 14.7 Å². The van der Waals surface area contributed by atoms with E-state index in [0.717, 1.165) is 80.9 Å². The van der Waals surface area contributed by atoms with Gasteiger partial charge in [0.15, 0.2) is 0 Å². The number of nitrogens with zero attached hydrogens (tertiary/aromatic N) is 5. The maximum absolute atomic E-state index is 5.31. The number of imidazole rings is 1. The Morgan fingerprint density at radius 3 is 2.75 bits per heavy atom. The molecule has 1 saturated heterocycles. The smallest absolute Gasteiger partial charge is 0.136 e. The van der Waals surface area contributed by atoms with Crippen molar-refractivity contribution >= 4 is 5.82 Å². The van der Waals surface area contributed by atoms with Crippen LogP contribution in [0.25, 0.3) is 0 Å². The molecule has 4 heterocycles. The van der Waals surface area contributed by atoms with Crippen molar-refractivity contribution in [2.75, 3.05) is 31.6 Å². The number of methoxy groups -OCH3 is 1. The number of benzene rings is 1. The van der Waals surface area contributed by atoms with E-state index >= 15 is 0 Å². The molecule has 1 fully saturated rings. The number of hydrogen-bond acceptors (Lipinski definition) is 6. The van der Waals surface area contributed by atoms with Crippen LogP contribution in [0.2, 0.25) is 0 Å². The number of anilines is 1. The highest BCUT2D eigenvalue weighted by Gasteiger charge is 2.28. The topological polar surface area (TPSA) is 70.2 Å². The highest BCUT2D eigenvalue weighted by Crippen LogP contribution is 2.32. The summed E-state index contributed by atoms with van der Waals surface area (Å²) in [6.07, 6.45) is 8.24. The van der Waals surface area contributed by atoms with E-state index in [1.807, 2.05) is 24.5 Å². The second-order valence-electron chi connectivity index (χ2n) is 8.95. The van der Waals surface area contributed by atoms with Gasteiger partial charge in [0.05, 0.1) is 13.7 Å². The summed E-state index contributed by atoms with van der Waals surface area (Å²) in [4.78, 5) is 22.7. The zero-order chi connectivity index (χ0) is 21.9. The molecule has 1 aromatic carbocycles. The molecule has 32 heavy (non-hydrogen) atoms. The molecule has 1 atom stereocenters. The van der Waals surface area contributed by atoms with E-state index in [1.165, 1.54) is 17.5 Å². The summed E-state index contributed by atoms with van der Waals surface area (Å²) in [5.41, 5.74) is 3.74. The summed E-state index contributed by atoms with van der Waals surface area (Å²) < 4.78 is 5.31. The quantitative estimate of drug-likeness (QED) is 0.638. The molecule has 0 unspecified atom stereocenters. The van der Waals surface area contributed by atoms with Crippen molar-refractivity contribution in [2.24, 2.45) is 0 Å². The number of H-pyrrole nitrogens is 1. The molecule has 7 nitrogen and oxygen atoms in total. The number of aromatic amines is 1. The molecule has 7 heteroatoms. The largest absolute Gasteiger partial charge is 0.497 e. The summed E-state index contributed by atoms with van der Waals surface area (Å²) in [5, 5.41) is 0. The van der Waals surface area contributed by atoms with Crippen LogP contribution in [-0.2, 0) is 19.5 Å². The van der Waals surface area contributed by atoms with Crippen LogP contribution in [0.5, 0.6) is 5.75 Å². The predicted octanol–water partition coefficient (Wildman–Crippen LogP) is 3.85. The van der Waals surface area contributed by atoms with Gasteiger partial charge < -0.3 is 14.6 Å². The van der Waals surface area contributed by atoms with E-state index in [9.17, 15) is 0 Å². The molecular weight excluding hydrogens is 400 g/mol. The Kier molecular flexibility index (Phi) is 6.08. The van der Waals surface area contributed by atoms with Crippen molar-refractivity contribution in [1.82, 2.24) is 24.8 Å². The number of piperidine rings is 1. The Hall–Kier alpha value is -2.93. The molecule has 5 rings (SSSR count). The summed E-state index contributed by atoms with van der Waals surface area (Å²) in [6, 6.07) is 8.37. The van der Waals surface area contributed by atoms with Gasteiger partial charge in [0.2, 0.25) is 0 Å². The molecule has 0 amide bonds. The molecule has 2 aliphatic rings. The monoisotopic (exact) mass is 432 g/mol. The third-order valence-electron chi connectivity index (χ3n) is 6.70. The Labute approximate surface area is 189 Å². The van der Waals surface area contributed by atoms with Gasteiger partial charge in [-0.05, 0) is 56.8 Å². The normalized spacial score (nSPS) is 19.1.